The maximum Gasteiger partial charge on any atom is 0.407 e. The standard InChI is InChI=1S/C26H37N3O7/c1-26(2,3)36-25(35)29-20(14-18-11-7-8-12-21(18)30)23(32)16-27-15-22(31)19(28-24(33)34)13-17-9-5-4-6-10-17/h4-12,19-20,22-23,27-28,30-32H,13-16H2,1-3H3,(H,29,35)(H,33,34)/t19-,20-,22+,23?/m0/s1. The summed E-state index contributed by atoms with van der Waals surface area (Å²) >= 11 is 0. The highest BCUT2D eigenvalue weighted by molar-refractivity contribution is 5.68. The van der Waals surface area contributed by atoms with Crippen LogP contribution in [0.4, 0.5) is 9.59 Å². The summed E-state index contributed by atoms with van der Waals surface area (Å²) in [7, 11) is 0. The lowest BCUT2D eigenvalue weighted by Crippen LogP contribution is -2.52. The number of phenolic OH excluding ortho intramolecular Hbond substituents is 1. The predicted molar refractivity (Wildman–Crippen MR) is 135 cm³/mol. The molecular formula is C26H37N3O7. The smallest absolute Gasteiger partial charge is 0.407 e. The van der Waals surface area contributed by atoms with Crippen LogP contribution < -0.4 is 16.0 Å². The number of alkyl carbamates (subject to hydrolysis) is 1. The Balaban J connectivity index is 2.01. The summed E-state index contributed by atoms with van der Waals surface area (Å²) in [6.45, 7) is 5.14. The zero-order chi connectivity index (χ0) is 26.7. The van der Waals surface area contributed by atoms with Crippen LogP contribution in [0.3, 0.4) is 0 Å². The highest BCUT2D eigenvalue weighted by atomic mass is 16.6. The fraction of sp³-hybridized carbons (Fsp3) is 0.462. The Morgan fingerprint density at radius 3 is 1.97 bits per heavy atom. The summed E-state index contributed by atoms with van der Waals surface area (Å²) in [6.07, 6.45) is -3.73. The van der Waals surface area contributed by atoms with Gasteiger partial charge >= 0.3 is 12.2 Å². The largest absolute Gasteiger partial charge is 0.508 e. The van der Waals surface area contributed by atoms with Gasteiger partial charge < -0.3 is 41.1 Å². The number of nitrogens with one attached hydrogen (secondary N) is 3. The number of hydrogen-bond acceptors (Lipinski definition) is 7. The van der Waals surface area contributed by atoms with E-state index in [2.05, 4.69) is 16.0 Å². The van der Waals surface area contributed by atoms with Crippen molar-refractivity contribution in [1.82, 2.24) is 16.0 Å². The molecule has 0 aliphatic rings. The Labute approximate surface area is 211 Å². The van der Waals surface area contributed by atoms with E-state index in [-0.39, 0.29) is 31.7 Å². The zero-order valence-corrected chi connectivity index (χ0v) is 20.8. The topological polar surface area (TPSA) is 160 Å². The number of rotatable bonds is 12. The van der Waals surface area contributed by atoms with Gasteiger partial charge in [-0.25, -0.2) is 9.59 Å². The van der Waals surface area contributed by atoms with Crippen LogP contribution in [0.15, 0.2) is 54.6 Å². The number of carboxylic acid groups (broad SMARTS) is 1. The van der Waals surface area contributed by atoms with Gasteiger partial charge in [0, 0.05) is 13.1 Å². The molecule has 4 atom stereocenters. The van der Waals surface area contributed by atoms with Crippen LogP contribution in [0.25, 0.3) is 0 Å². The molecular weight excluding hydrogens is 466 g/mol. The summed E-state index contributed by atoms with van der Waals surface area (Å²) in [5, 5.41) is 48.7. The molecule has 2 aromatic rings. The van der Waals surface area contributed by atoms with Crippen LogP contribution in [-0.2, 0) is 17.6 Å². The molecule has 2 aromatic carbocycles. The minimum Gasteiger partial charge on any atom is -0.508 e. The number of carbonyl (C=O) groups excluding carboxylic acids is 1. The zero-order valence-electron chi connectivity index (χ0n) is 20.8. The molecule has 0 heterocycles. The van der Waals surface area contributed by atoms with E-state index in [1.54, 1.807) is 39.0 Å². The van der Waals surface area contributed by atoms with Gasteiger partial charge in [-0.3, -0.25) is 0 Å². The normalized spacial score (nSPS) is 14.8. The average Bonchev–Trinajstić information content (AvgIpc) is 2.78. The van der Waals surface area contributed by atoms with Crippen molar-refractivity contribution >= 4 is 12.2 Å². The van der Waals surface area contributed by atoms with Crippen molar-refractivity contribution in [3.8, 4) is 5.75 Å². The van der Waals surface area contributed by atoms with Crippen LogP contribution >= 0.6 is 0 Å². The highest BCUT2D eigenvalue weighted by Gasteiger charge is 2.27. The summed E-state index contributed by atoms with van der Waals surface area (Å²) in [6, 6.07) is 14.2. The summed E-state index contributed by atoms with van der Waals surface area (Å²) in [5.74, 6) is 0.0348. The minimum absolute atomic E-state index is 0.00934. The van der Waals surface area contributed by atoms with E-state index in [0.717, 1.165) is 5.56 Å². The van der Waals surface area contributed by atoms with Gasteiger partial charge in [0.05, 0.1) is 24.3 Å². The van der Waals surface area contributed by atoms with Gasteiger partial charge in [-0.2, -0.15) is 0 Å². The van der Waals surface area contributed by atoms with E-state index < -0.39 is 42.1 Å². The Morgan fingerprint density at radius 2 is 1.42 bits per heavy atom. The Morgan fingerprint density at radius 1 is 0.861 bits per heavy atom. The number of amides is 2. The third-order valence-electron chi connectivity index (χ3n) is 5.38. The molecule has 0 spiro atoms. The van der Waals surface area contributed by atoms with Crippen molar-refractivity contribution in [3.05, 3.63) is 65.7 Å². The first-order valence-corrected chi connectivity index (χ1v) is 11.8. The van der Waals surface area contributed by atoms with E-state index in [1.807, 2.05) is 30.3 Å². The molecule has 0 radical (unpaired) electrons. The maximum atomic E-state index is 12.4. The first kappa shape index (κ1) is 28.9. The van der Waals surface area contributed by atoms with Gasteiger partial charge in [0.15, 0.2) is 0 Å². The van der Waals surface area contributed by atoms with E-state index in [4.69, 9.17) is 9.84 Å². The lowest BCUT2D eigenvalue weighted by Gasteiger charge is -2.28. The monoisotopic (exact) mass is 503 g/mol. The quantitative estimate of drug-likeness (QED) is 0.232. The van der Waals surface area contributed by atoms with E-state index in [1.165, 1.54) is 6.07 Å². The summed E-state index contributed by atoms with van der Waals surface area (Å²) < 4.78 is 5.31. The average molecular weight is 504 g/mol. The molecule has 10 nitrogen and oxygen atoms in total. The van der Waals surface area contributed by atoms with Crippen molar-refractivity contribution in [2.24, 2.45) is 0 Å². The van der Waals surface area contributed by atoms with E-state index in [0.29, 0.717) is 5.56 Å². The Bertz CT molecular complexity index is 966. The molecule has 0 bridgehead atoms. The minimum atomic E-state index is -1.25. The fourth-order valence-corrected chi connectivity index (χ4v) is 3.64. The molecule has 0 fully saturated rings. The number of benzene rings is 2. The molecule has 2 amide bonds. The summed E-state index contributed by atoms with van der Waals surface area (Å²) in [5.41, 5.74) is 0.660. The molecule has 1 unspecified atom stereocenters. The molecule has 7 N–H and O–H groups in total. The molecule has 0 aliphatic heterocycles. The first-order valence-electron chi connectivity index (χ1n) is 11.8. The summed E-state index contributed by atoms with van der Waals surface area (Å²) in [4.78, 5) is 23.6. The predicted octanol–water partition coefficient (Wildman–Crippen LogP) is 2.02. The molecule has 36 heavy (non-hydrogen) atoms. The van der Waals surface area contributed by atoms with Crippen LogP contribution in [0.1, 0.15) is 31.9 Å². The van der Waals surface area contributed by atoms with Gasteiger partial charge in [-0.1, -0.05) is 48.5 Å². The van der Waals surface area contributed by atoms with Crippen LogP contribution in [0.2, 0.25) is 0 Å². The number of ether oxygens (including phenoxy) is 1. The molecule has 2 rings (SSSR count). The van der Waals surface area contributed by atoms with Gasteiger partial charge in [-0.15, -0.1) is 0 Å². The number of phenols is 1. The molecule has 198 valence electrons. The second kappa shape index (κ2) is 13.7. The first-order chi connectivity index (χ1) is 16.9. The van der Waals surface area contributed by atoms with Crippen molar-refractivity contribution in [3.63, 3.8) is 0 Å². The van der Waals surface area contributed by atoms with Gasteiger partial charge in [0.1, 0.15) is 11.4 Å². The number of hydrogen-bond donors (Lipinski definition) is 7. The number of aliphatic hydroxyl groups excluding tert-OH is 2. The van der Waals surface area contributed by atoms with Gasteiger partial charge in [-0.05, 0) is 50.8 Å². The second-order valence-corrected chi connectivity index (χ2v) is 9.62. The van der Waals surface area contributed by atoms with Crippen molar-refractivity contribution in [1.29, 1.82) is 0 Å². The Hall–Kier alpha value is -3.34. The number of aromatic hydroxyl groups is 1. The molecule has 10 heteroatoms. The van der Waals surface area contributed by atoms with Gasteiger partial charge in [0.25, 0.3) is 0 Å². The maximum absolute atomic E-state index is 12.4. The molecule has 0 aliphatic carbocycles. The van der Waals surface area contributed by atoms with Crippen LogP contribution in [-0.4, -0.2) is 75.6 Å². The number of para-hydroxylation sites is 1. The Kier molecular flexibility index (Phi) is 11.0. The molecule has 0 aromatic heterocycles. The molecule has 0 saturated heterocycles. The van der Waals surface area contributed by atoms with Crippen molar-refractivity contribution in [2.45, 2.75) is 63.5 Å². The van der Waals surface area contributed by atoms with Crippen LogP contribution in [0.5, 0.6) is 5.75 Å². The number of carbonyl (C=O) groups is 2. The lowest BCUT2D eigenvalue weighted by atomic mass is 9.99. The third-order valence-corrected chi connectivity index (χ3v) is 5.38. The second-order valence-electron chi connectivity index (χ2n) is 9.62. The highest BCUT2D eigenvalue weighted by Crippen LogP contribution is 2.19. The van der Waals surface area contributed by atoms with Crippen LogP contribution in [0, 0.1) is 0 Å². The SMILES string of the molecule is CC(C)(C)OC(=O)N[C@@H](Cc1ccccc1O)C(O)CNC[C@@H](O)[C@H](Cc1ccccc1)NC(=O)O. The van der Waals surface area contributed by atoms with Gasteiger partial charge in [0.2, 0.25) is 0 Å². The third kappa shape index (κ3) is 10.5. The fourth-order valence-electron chi connectivity index (χ4n) is 3.64. The lowest BCUT2D eigenvalue weighted by molar-refractivity contribution is 0.0415. The van der Waals surface area contributed by atoms with E-state index in [9.17, 15) is 24.9 Å². The van der Waals surface area contributed by atoms with Crippen molar-refractivity contribution in [2.75, 3.05) is 13.1 Å². The number of aliphatic hydroxyl groups is 2. The van der Waals surface area contributed by atoms with E-state index >= 15 is 0 Å². The molecule has 0 saturated carbocycles. The van der Waals surface area contributed by atoms with Crippen molar-refractivity contribution < 1.29 is 34.8 Å².